The van der Waals surface area contributed by atoms with Crippen molar-refractivity contribution < 1.29 is 14.0 Å². The van der Waals surface area contributed by atoms with Gasteiger partial charge in [-0.25, -0.2) is 0 Å². The summed E-state index contributed by atoms with van der Waals surface area (Å²) in [4.78, 5) is 31.0. The van der Waals surface area contributed by atoms with Crippen LogP contribution in [0.1, 0.15) is 37.2 Å². The van der Waals surface area contributed by atoms with Crippen LogP contribution in [-0.2, 0) is 4.79 Å². The van der Waals surface area contributed by atoms with Gasteiger partial charge in [-0.05, 0) is 38.8 Å². The summed E-state index contributed by atoms with van der Waals surface area (Å²) in [7, 11) is 0. The second kappa shape index (κ2) is 6.74. The van der Waals surface area contributed by atoms with Crippen LogP contribution in [0.5, 0.6) is 0 Å². The molecular formula is C17H25N3O3. The Morgan fingerprint density at radius 3 is 2.57 bits per heavy atom. The number of likely N-dealkylation sites (tertiary alicyclic amines) is 1. The second-order valence-electron chi connectivity index (χ2n) is 6.59. The van der Waals surface area contributed by atoms with Crippen molar-refractivity contribution in [3.05, 3.63) is 24.2 Å². The van der Waals surface area contributed by atoms with Gasteiger partial charge in [-0.15, -0.1) is 0 Å². The molecule has 0 spiro atoms. The van der Waals surface area contributed by atoms with Crippen molar-refractivity contribution in [1.82, 2.24) is 14.7 Å². The minimum Gasteiger partial charge on any atom is -0.459 e. The molecule has 2 aliphatic rings. The third-order valence-electron chi connectivity index (χ3n) is 4.84. The molecule has 0 aliphatic carbocycles. The Balaban J connectivity index is 1.58. The van der Waals surface area contributed by atoms with Crippen molar-refractivity contribution in [3.8, 4) is 0 Å². The van der Waals surface area contributed by atoms with E-state index in [2.05, 4.69) is 18.7 Å². The highest BCUT2D eigenvalue weighted by Crippen LogP contribution is 2.21. The second-order valence-corrected chi connectivity index (χ2v) is 6.59. The molecule has 3 rings (SSSR count). The number of hydrogen-bond donors (Lipinski definition) is 0. The summed E-state index contributed by atoms with van der Waals surface area (Å²) in [5, 5.41) is 0. The maximum Gasteiger partial charge on any atom is 0.289 e. The lowest BCUT2D eigenvalue weighted by Crippen LogP contribution is -2.59. The summed E-state index contributed by atoms with van der Waals surface area (Å²) in [6, 6.07) is 3.66. The molecule has 1 aromatic heterocycles. The van der Waals surface area contributed by atoms with Crippen LogP contribution < -0.4 is 0 Å². The van der Waals surface area contributed by atoms with E-state index in [9.17, 15) is 9.59 Å². The number of piperazine rings is 1. The smallest absolute Gasteiger partial charge is 0.289 e. The largest absolute Gasteiger partial charge is 0.459 e. The number of nitrogens with zero attached hydrogens (tertiary/aromatic N) is 3. The van der Waals surface area contributed by atoms with Gasteiger partial charge in [0.25, 0.3) is 5.91 Å². The van der Waals surface area contributed by atoms with Crippen LogP contribution in [0.3, 0.4) is 0 Å². The van der Waals surface area contributed by atoms with Crippen molar-refractivity contribution in [2.24, 2.45) is 0 Å². The first-order valence-electron chi connectivity index (χ1n) is 8.45. The predicted octanol–water partition coefficient (Wildman–Crippen LogP) is 1.44. The van der Waals surface area contributed by atoms with Gasteiger partial charge in [-0.1, -0.05) is 0 Å². The van der Waals surface area contributed by atoms with E-state index in [0.29, 0.717) is 18.8 Å². The zero-order valence-electron chi connectivity index (χ0n) is 13.9. The molecule has 1 atom stereocenters. The molecule has 23 heavy (non-hydrogen) atoms. The number of amides is 2. The summed E-state index contributed by atoms with van der Waals surface area (Å²) < 4.78 is 5.18. The third-order valence-corrected chi connectivity index (χ3v) is 4.84. The minimum absolute atomic E-state index is 0.0213. The van der Waals surface area contributed by atoms with Crippen LogP contribution >= 0.6 is 0 Å². The fraction of sp³-hybridized carbons (Fsp3) is 0.647. The molecule has 126 valence electrons. The predicted molar refractivity (Wildman–Crippen MR) is 86.1 cm³/mol. The van der Waals surface area contributed by atoms with Crippen LogP contribution in [-0.4, -0.2) is 71.3 Å². The Bertz CT molecular complexity index is 547. The first kappa shape index (κ1) is 16.1. The van der Waals surface area contributed by atoms with Crippen LogP contribution in [0.25, 0.3) is 0 Å². The van der Waals surface area contributed by atoms with E-state index in [-0.39, 0.29) is 23.9 Å². The number of furan rings is 1. The van der Waals surface area contributed by atoms with E-state index in [4.69, 9.17) is 4.42 Å². The summed E-state index contributed by atoms with van der Waals surface area (Å²) in [5.74, 6) is 0.573. The monoisotopic (exact) mass is 319 g/mol. The number of rotatable bonds is 3. The Labute approximate surface area is 137 Å². The molecule has 0 N–H and O–H groups in total. The number of piperidine rings is 1. The van der Waals surface area contributed by atoms with Gasteiger partial charge in [0.15, 0.2) is 5.76 Å². The molecule has 0 radical (unpaired) electrons. The topological polar surface area (TPSA) is 57.0 Å². The minimum atomic E-state index is -0.0616. The molecule has 0 saturated carbocycles. The fourth-order valence-corrected chi connectivity index (χ4v) is 3.52. The van der Waals surface area contributed by atoms with Crippen LogP contribution in [0.15, 0.2) is 22.8 Å². The Hall–Kier alpha value is -1.82. The molecular weight excluding hydrogens is 294 g/mol. The number of carbonyl (C=O) groups excluding carboxylic acids is 2. The number of carbonyl (C=O) groups is 2. The van der Waals surface area contributed by atoms with Gasteiger partial charge in [-0.3, -0.25) is 14.5 Å². The van der Waals surface area contributed by atoms with E-state index in [1.54, 1.807) is 12.1 Å². The van der Waals surface area contributed by atoms with Gasteiger partial charge >= 0.3 is 0 Å². The SMILES string of the molecule is CC(C)N1CCCC(N2CCN(C(=O)c3ccco3)CC2)C1=O. The third kappa shape index (κ3) is 3.27. The highest BCUT2D eigenvalue weighted by molar-refractivity contribution is 5.91. The molecule has 0 bridgehead atoms. The van der Waals surface area contributed by atoms with Gasteiger partial charge in [0.2, 0.25) is 5.91 Å². The van der Waals surface area contributed by atoms with Crippen molar-refractivity contribution in [1.29, 1.82) is 0 Å². The lowest BCUT2D eigenvalue weighted by molar-refractivity contribution is -0.142. The van der Waals surface area contributed by atoms with E-state index < -0.39 is 0 Å². The molecule has 2 aliphatic heterocycles. The van der Waals surface area contributed by atoms with Crippen molar-refractivity contribution in [2.45, 2.75) is 38.8 Å². The zero-order valence-corrected chi connectivity index (χ0v) is 13.9. The van der Waals surface area contributed by atoms with Crippen LogP contribution in [0, 0.1) is 0 Å². The summed E-state index contributed by atoms with van der Waals surface area (Å²) in [6.45, 7) is 7.78. The van der Waals surface area contributed by atoms with Crippen LogP contribution in [0.2, 0.25) is 0 Å². The van der Waals surface area contributed by atoms with Crippen molar-refractivity contribution in [3.63, 3.8) is 0 Å². The molecule has 1 unspecified atom stereocenters. The van der Waals surface area contributed by atoms with Crippen molar-refractivity contribution in [2.75, 3.05) is 32.7 Å². The Kier molecular flexibility index (Phi) is 4.71. The lowest BCUT2D eigenvalue weighted by Gasteiger charge is -2.43. The Morgan fingerprint density at radius 1 is 1.22 bits per heavy atom. The molecule has 1 aromatic rings. The van der Waals surface area contributed by atoms with Gasteiger partial charge < -0.3 is 14.2 Å². The van der Waals surface area contributed by atoms with Gasteiger partial charge in [0.05, 0.1) is 12.3 Å². The molecule has 2 amide bonds. The standard InChI is InChI=1S/C17H25N3O3/c1-13(2)20-7-3-5-14(16(20)21)18-8-10-19(11-9-18)17(22)15-6-4-12-23-15/h4,6,12-14H,3,5,7-11H2,1-2H3. The van der Waals surface area contributed by atoms with E-state index in [0.717, 1.165) is 32.5 Å². The molecule has 2 fully saturated rings. The van der Waals surface area contributed by atoms with Crippen LogP contribution in [0.4, 0.5) is 0 Å². The van der Waals surface area contributed by atoms with Gasteiger partial charge in [-0.2, -0.15) is 0 Å². The quantitative estimate of drug-likeness (QED) is 0.846. The highest BCUT2D eigenvalue weighted by atomic mass is 16.3. The van der Waals surface area contributed by atoms with E-state index in [1.807, 2.05) is 9.80 Å². The molecule has 0 aromatic carbocycles. The summed E-state index contributed by atoms with van der Waals surface area (Å²) >= 11 is 0. The summed E-state index contributed by atoms with van der Waals surface area (Å²) in [6.07, 6.45) is 3.50. The first-order chi connectivity index (χ1) is 11.1. The highest BCUT2D eigenvalue weighted by Gasteiger charge is 2.36. The Morgan fingerprint density at radius 2 is 1.96 bits per heavy atom. The molecule has 6 nitrogen and oxygen atoms in total. The lowest BCUT2D eigenvalue weighted by atomic mass is 10.0. The van der Waals surface area contributed by atoms with Gasteiger partial charge in [0, 0.05) is 38.8 Å². The molecule has 6 heteroatoms. The maximum atomic E-state index is 12.7. The summed E-state index contributed by atoms with van der Waals surface area (Å²) in [5.41, 5.74) is 0. The average Bonchev–Trinajstić information content (AvgIpc) is 3.09. The van der Waals surface area contributed by atoms with Crippen molar-refractivity contribution >= 4 is 11.8 Å². The normalized spacial score (nSPS) is 23.6. The maximum absolute atomic E-state index is 12.7. The van der Waals surface area contributed by atoms with E-state index in [1.165, 1.54) is 6.26 Å². The molecule has 3 heterocycles. The zero-order chi connectivity index (χ0) is 16.4. The fourth-order valence-electron chi connectivity index (χ4n) is 3.52. The number of hydrogen-bond acceptors (Lipinski definition) is 4. The average molecular weight is 319 g/mol. The molecule has 2 saturated heterocycles. The first-order valence-corrected chi connectivity index (χ1v) is 8.45. The van der Waals surface area contributed by atoms with Gasteiger partial charge in [0.1, 0.15) is 0 Å². The van der Waals surface area contributed by atoms with E-state index >= 15 is 0 Å².